The van der Waals surface area contributed by atoms with Gasteiger partial charge in [0.25, 0.3) is 0 Å². The topological polar surface area (TPSA) is 12.5 Å². The van der Waals surface area contributed by atoms with Crippen LogP contribution in [0.25, 0.3) is 0 Å². The third-order valence-corrected chi connectivity index (χ3v) is 1.69. The highest BCUT2D eigenvalue weighted by Gasteiger charge is 1.98. The van der Waals surface area contributed by atoms with Crippen LogP contribution in [-0.4, -0.2) is 31.3 Å². The predicted octanol–water partition coefficient (Wildman–Crippen LogP) is 3.46. The summed E-state index contributed by atoms with van der Waals surface area (Å²) in [5.41, 5.74) is 0. The lowest BCUT2D eigenvalue weighted by molar-refractivity contribution is 0.0396. The number of ether oxygens (including phenoxy) is 1. The van der Waals surface area contributed by atoms with Crippen molar-refractivity contribution in [3.8, 4) is 0 Å². The van der Waals surface area contributed by atoms with Crippen LogP contribution in [0.2, 0.25) is 0 Å². The summed E-state index contributed by atoms with van der Waals surface area (Å²) in [5.74, 6) is 0. The molecule has 90 valence electrons. The molecule has 0 amide bonds. The average molecular weight is 213 g/mol. The molecule has 0 aromatic carbocycles. The molecule has 0 spiro atoms. The second-order valence-electron chi connectivity index (χ2n) is 3.00. The van der Waals surface area contributed by atoms with Gasteiger partial charge in [-0.3, -0.25) is 4.90 Å². The van der Waals surface area contributed by atoms with Crippen molar-refractivity contribution in [1.82, 2.24) is 4.90 Å². The van der Waals surface area contributed by atoms with Gasteiger partial charge in [0, 0.05) is 19.7 Å². The zero-order valence-corrected chi connectivity index (χ0v) is 10.7. The molecule has 0 bridgehead atoms. The van der Waals surface area contributed by atoms with Gasteiger partial charge < -0.3 is 4.74 Å². The highest BCUT2D eigenvalue weighted by atomic mass is 16.5. The van der Waals surface area contributed by atoms with E-state index in [1.54, 1.807) is 0 Å². The zero-order valence-electron chi connectivity index (χ0n) is 10.7. The van der Waals surface area contributed by atoms with Crippen molar-refractivity contribution in [2.45, 2.75) is 33.6 Å². The van der Waals surface area contributed by atoms with Crippen molar-refractivity contribution >= 4 is 0 Å². The molecule has 0 radical (unpaired) electrons. The van der Waals surface area contributed by atoms with Crippen LogP contribution in [0, 0.1) is 0 Å². The lowest BCUT2D eigenvalue weighted by Crippen LogP contribution is -2.26. The second-order valence-corrected chi connectivity index (χ2v) is 3.00. The number of rotatable bonds is 9. The van der Waals surface area contributed by atoms with Crippen molar-refractivity contribution in [3.63, 3.8) is 0 Å². The van der Waals surface area contributed by atoms with Crippen LogP contribution in [0.15, 0.2) is 25.3 Å². The third-order valence-electron chi connectivity index (χ3n) is 1.69. The normalized spacial score (nSPS) is 9.33. The minimum atomic E-state index is 0.679. The molecule has 0 heterocycles. The SMILES string of the molecule is C=CCN(CC=C)COCCCC.CC. The van der Waals surface area contributed by atoms with Crippen LogP contribution in [0.4, 0.5) is 0 Å². The average Bonchev–Trinajstić information content (AvgIpc) is 2.28. The van der Waals surface area contributed by atoms with Gasteiger partial charge in [0.2, 0.25) is 0 Å². The van der Waals surface area contributed by atoms with Gasteiger partial charge in [-0.1, -0.05) is 39.3 Å². The molecule has 0 N–H and O–H groups in total. The molecule has 0 saturated heterocycles. The Morgan fingerprint density at radius 1 is 1.13 bits per heavy atom. The monoisotopic (exact) mass is 213 g/mol. The van der Waals surface area contributed by atoms with Gasteiger partial charge in [0.1, 0.15) is 0 Å². The Bertz CT molecular complexity index is 124. The molecule has 0 aromatic rings. The minimum absolute atomic E-state index is 0.679. The molecule has 0 aliphatic carbocycles. The summed E-state index contributed by atoms with van der Waals surface area (Å²) in [6.07, 6.45) is 6.08. The maximum absolute atomic E-state index is 5.47. The standard InChI is InChI=1S/C11H21NO.C2H6/c1-4-7-10-13-11-12(8-5-2)9-6-3;1-2/h5-6H,2-4,7-11H2,1H3;1-2H3. The van der Waals surface area contributed by atoms with Crippen LogP contribution in [0.5, 0.6) is 0 Å². The largest absolute Gasteiger partial charge is 0.366 e. The van der Waals surface area contributed by atoms with Crippen LogP contribution >= 0.6 is 0 Å². The first kappa shape index (κ1) is 16.8. The molecule has 0 aromatic heterocycles. The molecule has 0 saturated carbocycles. The van der Waals surface area contributed by atoms with Gasteiger partial charge >= 0.3 is 0 Å². The Morgan fingerprint density at radius 2 is 1.67 bits per heavy atom. The summed E-state index contributed by atoms with van der Waals surface area (Å²) >= 11 is 0. The van der Waals surface area contributed by atoms with E-state index in [1.807, 2.05) is 26.0 Å². The molecule has 2 nitrogen and oxygen atoms in total. The van der Waals surface area contributed by atoms with Crippen LogP contribution < -0.4 is 0 Å². The lowest BCUT2D eigenvalue weighted by Gasteiger charge is -2.18. The van der Waals surface area contributed by atoms with Gasteiger partial charge in [-0.15, -0.1) is 13.2 Å². The fraction of sp³-hybridized carbons (Fsp3) is 0.692. The third kappa shape index (κ3) is 13.4. The maximum atomic E-state index is 5.47. The van der Waals surface area contributed by atoms with E-state index < -0.39 is 0 Å². The van der Waals surface area contributed by atoms with E-state index in [-0.39, 0.29) is 0 Å². The van der Waals surface area contributed by atoms with E-state index in [1.165, 1.54) is 6.42 Å². The molecule has 2 heteroatoms. The van der Waals surface area contributed by atoms with E-state index in [0.29, 0.717) is 6.73 Å². The van der Waals surface area contributed by atoms with Crippen molar-refractivity contribution < 1.29 is 4.74 Å². The predicted molar refractivity (Wildman–Crippen MR) is 69.0 cm³/mol. The number of nitrogens with zero attached hydrogens (tertiary/aromatic N) is 1. The Labute approximate surface area is 95.6 Å². The van der Waals surface area contributed by atoms with Gasteiger partial charge in [-0.2, -0.15) is 0 Å². The summed E-state index contributed by atoms with van der Waals surface area (Å²) in [6, 6.07) is 0. The molecular formula is C13H27NO. The molecule has 0 fully saturated rings. The van der Waals surface area contributed by atoms with Crippen molar-refractivity contribution in [1.29, 1.82) is 0 Å². The van der Waals surface area contributed by atoms with Gasteiger partial charge in [0.15, 0.2) is 0 Å². The van der Waals surface area contributed by atoms with Gasteiger partial charge in [-0.05, 0) is 6.42 Å². The summed E-state index contributed by atoms with van der Waals surface area (Å²) in [4.78, 5) is 2.15. The first-order valence-corrected chi connectivity index (χ1v) is 5.87. The summed E-state index contributed by atoms with van der Waals surface area (Å²) in [6.45, 7) is 16.8. The van der Waals surface area contributed by atoms with E-state index in [2.05, 4.69) is 25.0 Å². The van der Waals surface area contributed by atoms with E-state index in [4.69, 9.17) is 4.74 Å². The fourth-order valence-electron chi connectivity index (χ4n) is 0.985. The summed E-state index contributed by atoms with van der Waals surface area (Å²) < 4.78 is 5.47. The van der Waals surface area contributed by atoms with E-state index in [0.717, 1.165) is 26.1 Å². The molecular weight excluding hydrogens is 186 g/mol. The highest BCUT2D eigenvalue weighted by molar-refractivity contribution is 4.78. The Morgan fingerprint density at radius 3 is 2.07 bits per heavy atom. The molecule has 0 aliphatic rings. The molecule has 0 rings (SSSR count). The molecule has 15 heavy (non-hydrogen) atoms. The quantitative estimate of drug-likeness (QED) is 0.330. The minimum Gasteiger partial charge on any atom is -0.366 e. The number of hydrogen-bond donors (Lipinski definition) is 0. The zero-order chi connectivity index (χ0) is 11.9. The maximum Gasteiger partial charge on any atom is 0.0995 e. The summed E-state index contributed by atoms with van der Waals surface area (Å²) in [7, 11) is 0. The van der Waals surface area contributed by atoms with Gasteiger partial charge in [-0.25, -0.2) is 0 Å². The summed E-state index contributed by atoms with van der Waals surface area (Å²) in [5, 5.41) is 0. The van der Waals surface area contributed by atoms with Gasteiger partial charge in [0.05, 0.1) is 6.73 Å². The van der Waals surface area contributed by atoms with Crippen molar-refractivity contribution in [2.24, 2.45) is 0 Å². The first-order chi connectivity index (χ1) is 7.35. The fourth-order valence-corrected chi connectivity index (χ4v) is 0.985. The first-order valence-electron chi connectivity index (χ1n) is 5.87. The van der Waals surface area contributed by atoms with Crippen molar-refractivity contribution in [2.75, 3.05) is 26.4 Å². The van der Waals surface area contributed by atoms with Crippen LogP contribution in [-0.2, 0) is 4.74 Å². The number of hydrogen-bond acceptors (Lipinski definition) is 2. The number of unbranched alkanes of at least 4 members (excludes halogenated alkanes) is 1. The van der Waals surface area contributed by atoms with E-state index >= 15 is 0 Å². The van der Waals surface area contributed by atoms with Crippen LogP contribution in [0.3, 0.4) is 0 Å². The highest BCUT2D eigenvalue weighted by Crippen LogP contribution is 1.93. The molecule has 0 unspecified atom stereocenters. The Balaban J connectivity index is 0. The lowest BCUT2D eigenvalue weighted by atomic mass is 10.4. The van der Waals surface area contributed by atoms with Crippen LogP contribution in [0.1, 0.15) is 33.6 Å². The Kier molecular flexibility index (Phi) is 17.8. The van der Waals surface area contributed by atoms with E-state index in [9.17, 15) is 0 Å². The molecule has 0 aliphatic heterocycles. The molecule has 0 atom stereocenters. The van der Waals surface area contributed by atoms with Crippen molar-refractivity contribution in [3.05, 3.63) is 25.3 Å². The smallest absolute Gasteiger partial charge is 0.0995 e. The Hall–Kier alpha value is -0.600. The second kappa shape index (κ2) is 15.9.